The summed E-state index contributed by atoms with van der Waals surface area (Å²) in [6.45, 7) is 3.07. The summed E-state index contributed by atoms with van der Waals surface area (Å²) in [7, 11) is -3.59. The minimum atomic E-state index is -3.59. The number of hydrogen-bond acceptors (Lipinski definition) is 5. The van der Waals surface area contributed by atoms with Crippen LogP contribution >= 0.6 is 12.2 Å². The number of nitrogens with zero attached hydrogens (tertiary/aromatic N) is 2. The van der Waals surface area contributed by atoms with E-state index in [1.165, 1.54) is 13.3 Å². The highest BCUT2D eigenvalue weighted by Crippen LogP contribution is 2.09. The quantitative estimate of drug-likeness (QED) is 0.615. The molecule has 0 saturated heterocycles. The number of thiocarbonyl (C=S) groups is 1. The third kappa shape index (κ3) is 2.97. The van der Waals surface area contributed by atoms with Gasteiger partial charge in [0.25, 0.3) is 0 Å². The molecular formula is C7H13N5O2S2. The van der Waals surface area contributed by atoms with Crippen LogP contribution in [0.5, 0.6) is 0 Å². The number of nitrogens with two attached hydrogens (primary N) is 1. The van der Waals surface area contributed by atoms with Gasteiger partial charge in [-0.15, -0.1) is 0 Å². The molecule has 2 atom stereocenters. The van der Waals surface area contributed by atoms with E-state index >= 15 is 0 Å². The minimum Gasteiger partial charge on any atom is -0.392 e. The van der Waals surface area contributed by atoms with Crippen LogP contribution < -0.4 is 10.5 Å². The first-order valence-corrected chi connectivity index (χ1v) is 6.45. The van der Waals surface area contributed by atoms with Crippen molar-refractivity contribution in [1.29, 1.82) is 0 Å². The number of nitrogens with one attached hydrogen (secondary N) is 2. The fourth-order valence-electron chi connectivity index (χ4n) is 0.981. The van der Waals surface area contributed by atoms with Crippen LogP contribution in [0.1, 0.15) is 25.7 Å². The van der Waals surface area contributed by atoms with E-state index in [0.717, 1.165) is 0 Å². The Morgan fingerprint density at radius 1 is 1.62 bits per heavy atom. The molecule has 0 fully saturated rings. The van der Waals surface area contributed by atoms with Crippen molar-refractivity contribution in [2.24, 2.45) is 5.73 Å². The van der Waals surface area contributed by atoms with Crippen molar-refractivity contribution in [2.45, 2.75) is 25.1 Å². The summed E-state index contributed by atoms with van der Waals surface area (Å²) in [5.74, 6) is 0.429. The standard InChI is InChI=1S/C7H13N5O2S2/c1-4(7-9-3-10-11-7)12-16(13,14)5(2)6(8)15/h3-5,12H,1-2H3,(H2,8,15)(H,9,10,11). The molecule has 0 radical (unpaired) electrons. The van der Waals surface area contributed by atoms with Crippen LogP contribution in [-0.2, 0) is 10.0 Å². The summed E-state index contributed by atoms with van der Waals surface area (Å²) in [6.07, 6.45) is 1.30. The van der Waals surface area contributed by atoms with E-state index in [-0.39, 0.29) is 4.99 Å². The molecule has 2 unspecified atom stereocenters. The summed E-state index contributed by atoms with van der Waals surface area (Å²) in [4.78, 5) is 3.77. The topological polar surface area (TPSA) is 114 Å². The van der Waals surface area contributed by atoms with Gasteiger partial charge < -0.3 is 5.73 Å². The SMILES string of the molecule is CC(NS(=O)(=O)C(C)C(N)=S)c1ncn[nH]1. The van der Waals surface area contributed by atoms with Crippen molar-refractivity contribution in [1.82, 2.24) is 19.9 Å². The molecule has 7 nitrogen and oxygen atoms in total. The maximum Gasteiger partial charge on any atom is 0.221 e. The molecule has 16 heavy (non-hydrogen) atoms. The van der Waals surface area contributed by atoms with E-state index in [2.05, 4.69) is 32.1 Å². The van der Waals surface area contributed by atoms with Gasteiger partial charge >= 0.3 is 0 Å². The second kappa shape index (κ2) is 4.85. The van der Waals surface area contributed by atoms with Gasteiger partial charge in [-0.25, -0.2) is 18.1 Å². The predicted octanol–water partition coefficient (Wildman–Crippen LogP) is -0.540. The molecular weight excluding hydrogens is 250 g/mol. The normalized spacial score (nSPS) is 15.6. The molecule has 4 N–H and O–H groups in total. The molecule has 1 aromatic heterocycles. The second-order valence-corrected chi connectivity index (χ2v) is 5.80. The van der Waals surface area contributed by atoms with Crippen LogP contribution in [0.3, 0.4) is 0 Å². The highest BCUT2D eigenvalue weighted by Gasteiger charge is 2.26. The lowest BCUT2D eigenvalue weighted by atomic mass is 10.3. The lowest BCUT2D eigenvalue weighted by Gasteiger charge is -2.15. The Bertz CT molecular complexity index is 455. The van der Waals surface area contributed by atoms with Gasteiger partial charge in [-0.2, -0.15) is 5.10 Å². The Balaban J connectivity index is 2.78. The zero-order valence-corrected chi connectivity index (χ0v) is 10.5. The van der Waals surface area contributed by atoms with Crippen LogP contribution in [0.15, 0.2) is 6.33 Å². The van der Waals surface area contributed by atoms with Gasteiger partial charge in [0.1, 0.15) is 17.4 Å². The molecule has 0 aliphatic carbocycles. The van der Waals surface area contributed by atoms with Crippen LogP contribution in [0.4, 0.5) is 0 Å². The first-order valence-electron chi connectivity index (χ1n) is 4.50. The molecule has 90 valence electrons. The van der Waals surface area contributed by atoms with Crippen LogP contribution in [0.2, 0.25) is 0 Å². The molecule has 1 heterocycles. The fraction of sp³-hybridized carbons (Fsp3) is 0.571. The monoisotopic (exact) mass is 263 g/mol. The third-order valence-corrected chi connectivity index (χ3v) is 4.42. The van der Waals surface area contributed by atoms with E-state index < -0.39 is 21.3 Å². The molecule has 1 aromatic rings. The van der Waals surface area contributed by atoms with Gasteiger partial charge in [-0.05, 0) is 13.8 Å². The Morgan fingerprint density at radius 2 is 2.25 bits per heavy atom. The van der Waals surface area contributed by atoms with Gasteiger partial charge in [-0.1, -0.05) is 12.2 Å². The second-order valence-electron chi connectivity index (χ2n) is 3.30. The van der Waals surface area contributed by atoms with Gasteiger partial charge in [0.15, 0.2) is 0 Å². The zero-order chi connectivity index (χ0) is 12.3. The van der Waals surface area contributed by atoms with Crippen LogP contribution in [0, 0.1) is 0 Å². The maximum atomic E-state index is 11.7. The van der Waals surface area contributed by atoms with E-state index in [1.54, 1.807) is 6.92 Å². The van der Waals surface area contributed by atoms with E-state index in [1.807, 2.05) is 0 Å². The molecule has 0 spiro atoms. The molecule has 0 amide bonds. The van der Waals surface area contributed by atoms with Crippen molar-refractivity contribution in [3.8, 4) is 0 Å². The third-order valence-electron chi connectivity index (χ3n) is 2.05. The maximum absolute atomic E-state index is 11.7. The number of aromatic amines is 1. The van der Waals surface area contributed by atoms with Crippen molar-refractivity contribution in [2.75, 3.05) is 0 Å². The molecule has 0 bridgehead atoms. The molecule has 1 rings (SSSR count). The number of H-pyrrole nitrogens is 1. The average Bonchev–Trinajstić information content (AvgIpc) is 2.68. The zero-order valence-electron chi connectivity index (χ0n) is 8.84. The van der Waals surface area contributed by atoms with E-state index in [0.29, 0.717) is 5.82 Å². The van der Waals surface area contributed by atoms with Crippen LogP contribution in [-0.4, -0.2) is 33.8 Å². The van der Waals surface area contributed by atoms with Gasteiger partial charge in [-0.3, -0.25) is 5.10 Å². The van der Waals surface area contributed by atoms with Crippen molar-refractivity contribution in [3.63, 3.8) is 0 Å². The largest absolute Gasteiger partial charge is 0.392 e. The smallest absolute Gasteiger partial charge is 0.221 e. The van der Waals surface area contributed by atoms with E-state index in [9.17, 15) is 8.42 Å². The summed E-state index contributed by atoms with van der Waals surface area (Å²) in [5.41, 5.74) is 5.29. The van der Waals surface area contributed by atoms with Crippen molar-refractivity contribution in [3.05, 3.63) is 12.2 Å². The summed E-state index contributed by atoms with van der Waals surface area (Å²) < 4.78 is 25.9. The number of hydrogen-bond donors (Lipinski definition) is 3. The first-order chi connectivity index (χ1) is 7.34. The molecule has 0 saturated carbocycles. The van der Waals surface area contributed by atoms with Gasteiger partial charge in [0, 0.05) is 0 Å². The predicted molar refractivity (Wildman–Crippen MR) is 63.1 cm³/mol. The van der Waals surface area contributed by atoms with Gasteiger partial charge in [0.05, 0.1) is 11.0 Å². The first kappa shape index (κ1) is 13.0. The molecule has 0 aliphatic heterocycles. The summed E-state index contributed by atoms with van der Waals surface area (Å²) in [6, 6.07) is -0.510. The minimum absolute atomic E-state index is 0.0720. The Morgan fingerprint density at radius 3 is 2.69 bits per heavy atom. The highest BCUT2D eigenvalue weighted by atomic mass is 32.2. The van der Waals surface area contributed by atoms with Gasteiger partial charge in [0.2, 0.25) is 10.0 Å². The average molecular weight is 263 g/mol. The van der Waals surface area contributed by atoms with E-state index in [4.69, 9.17) is 5.73 Å². The van der Waals surface area contributed by atoms with Crippen LogP contribution in [0.25, 0.3) is 0 Å². The summed E-state index contributed by atoms with van der Waals surface area (Å²) >= 11 is 4.64. The van der Waals surface area contributed by atoms with Crippen molar-refractivity contribution < 1.29 is 8.42 Å². The number of sulfonamides is 1. The molecule has 0 aliphatic rings. The Kier molecular flexibility index (Phi) is 3.94. The van der Waals surface area contributed by atoms with Crippen molar-refractivity contribution >= 4 is 27.2 Å². The summed E-state index contributed by atoms with van der Waals surface area (Å²) in [5, 5.41) is 5.28. The highest BCUT2D eigenvalue weighted by molar-refractivity contribution is 7.93. The number of aromatic nitrogens is 3. The Hall–Kier alpha value is -1.06. The lowest BCUT2D eigenvalue weighted by Crippen LogP contribution is -2.41. The Labute approximate surface area is 98.9 Å². The lowest BCUT2D eigenvalue weighted by molar-refractivity contribution is 0.557. The fourth-order valence-corrected chi connectivity index (χ4v) is 2.48. The molecule has 0 aromatic carbocycles. The molecule has 9 heteroatoms. The number of rotatable bonds is 5.